The van der Waals surface area contributed by atoms with Crippen molar-refractivity contribution in [2.24, 2.45) is 5.92 Å². The van der Waals surface area contributed by atoms with Gasteiger partial charge in [0.05, 0.1) is 17.6 Å². The Morgan fingerprint density at radius 3 is 2.71 bits per heavy atom. The molecule has 2 N–H and O–H groups in total. The van der Waals surface area contributed by atoms with Crippen molar-refractivity contribution in [1.29, 1.82) is 0 Å². The van der Waals surface area contributed by atoms with Crippen LogP contribution in [0.4, 0.5) is 17.2 Å². The van der Waals surface area contributed by atoms with Crippen molar-refractivity contribution in [3.63, 3.8) is 0 Å². The zero-order valence-corrected chi connectivity index (χ0v) is 13.3. The van der Waals surface area contributed by atoms with Gasteiger partial charge in [0, 0.05) is 10.4 Å². The summed E-state index contributed by atoms with van der Waals surface area (Å²) in [6.45, 7) is 2.05. The van der Waals surface area contributed by atoms with Gasteiger partial charge in [-0.05, 0) is 65.5 Å². The maximum absolute atomic E-state index is 11.7. The largest absolute Gasteiger partial charge is 0.339 e. The highest BCUT2D eigenvalue weighted by atomic mass is 79.9. The van der Waals surface area contributed by atoms with Gasteiger partial charge in [0.2, 0.25) is 5.91 Å². The Morgan fingerprint density at radius 2 is 2.10 bits per heavy atom. The average molecular weight is 346 g/mol. The summed E-state index contributed by atoms with van der Waals surface area (Å²) < 4.78 is 0.996. The molecule has 4 nitrogen and oxygen atoms in total. The van der Waals surface area contributed by atoms with Crippen LogP contribution in [0.25, 0.3) is 0 Å². The molecule has 3 rings (SSSR count). The van der Waals surface area contributed by atoms with E-state index >= 15 is 0 Å². The van der Waals surface area contributed by atoms with E-state index in [0.29, 0.717) is 0 Å². The minimum Gasteiger partial charge on any atom is -0.339 e. The lowest BCUT2D eigenvalue weighted by molar-refractivity contribution is -0.117. The molecule has 0 unspecified atom stereocenters. The van der Waals surface area contributed by atoms with Crippen molar-refractivity contribution in [2.75, 3.05) is 10.6 Å². The number of anilines is 3. The van der Waals surface area contributed by atoms with Gasteiger partial charge in [0.25, 0.3) is 0 Å². The summed E-state index contributed by atoms with van der Waals surface area (Å²) in [6.07, 6.45) is 3.67. The Labute approximate surface area is 132 Å². The maximum Gasteiger partial charge on any atom is 0.227 e. The molecular formula is C16H16BrN3O. The third-order valence-electron chi connectivity index (χ3n) is 3.37. The summed E-state index contributed by atoms with van der Waals surface area (Å²) >= 11 is 3.53. The molecule has 0 spiro atoms. The molecule has 5 heteroatoms. The van der Waals surface area contributed by atoms with Crippen molar-refractivity contribution >= 4 is 39.0 Å². The monoisotopic (exact) mass is 345 g/mol. The highest BCUT2D eigenvalue weighted by Crippen LogP contribution is 2.30. The minimum absolute atomic E-state index is 0.0961. The van der Waals surface area contributed by atoms with E-state index in [4.69, 9.17) is 0 Å². The fourth-order valence-electron chi connectivity index (χ4n) is 1.99. The van der Waals surface area contributed by atoms with Gasteiger partial charge in [0.1, 0.15) is 5.82 Å². The molecular weight excluding hydrogens is 330 g/mol. The summed E-state index contributed by atoms with van der Waals surface area (Å²) in [5, 5.41) is 6.12. The van der Waals surface area contributed by atoms with E-state index in [1.54, 1.807) is 6.20 Å². The first-order valence-electron chi connectivity index (χ1n) is 6.92. The average Bonchev–Trinajstić information content (AvgIpc) is 3.28. The van der Waals surface area contributed by atoms with Crippen LogP contribution in [0.3, 0.4) is 0 Å². The fraction of sp³-hybridized carbons (Fsp3) is 0.250. The highest BCUT2D eigenvalue weighted by Gasteiger charge is 2.29. The predicted octanol–water partition coefficient (Wildman–Crippen LogP) is 4.24. The number of amides is 1. The van der Waals surface area contributed by atoms with E-state index in [1.165, 1.54) is 5.56 Å². The zero-order valence-electron chi connectivity index (χ0n) is 11.7. The van der Waals surface area contributed by atoms with Crippen LogP contribution in [-0.4, -0.2) is 10.9 Å². The van der Waals surface area contributed by atoms with Crippen LogP contribution in [0.1, 0.15) is 18.4 Å². The molecule has 0 radical (unpaired) electrons. The van der Waals surface area contributed by atoms with Gasteiger partial charge < -0.3 is 10.6 Å². The molecule has 1 aromatic heterocycles. The highest BCUT2D eigenvalue weighted by molar-refractivity contribution is 9.10. The first-order chi connectivity index (χ1) is 10.1. The third kappa shape index (κ3) is 3.61. The smallest absolute Gasteiger partial charge is 0.227 e. The molecule has 1 heterocycles. The molecule has 1 fully saturated rings. The summed E-state index contributed by atoms with van der Waals surface area (Å²) in [6, 6.07) is 9.81. The first kappa shape index (κ1) is 14.1. The molecule has 1 aliphatic rings. The van der Waals surface area contributed by atoms with Crippen LogP contribution >= 0.6 is 15.9 Å². The van der Waals surface area contributed by atoms with Crippen LogP contribution in [-0.2, 0) is 4.79 Å². The predicted molar refractivity (Wildman–Crippen MR) is 87.8 cm³/mol. The molecule has 0 aliphatic heterocycles. The zero-order chi connectivity index (χ0) is 14.8. The number of rotatable bonds is 4. The number of carbonyl (C=O) groups excluding carboxylic acids is 1. The van der Waals surface area contributed by atoms with Crippen LogP contribution in [0.15, 0.2) is 41.0 Å². The quantitative estimate of drug-likeness (QED) is 0.870. The number of aryl methyl sites for hydroxylation is 1. The van der Waals surface area contributed by atoms with Crippen LogP contribution in [0, 0.1) is 12.8 Å². The lowest BCUT2D eigenvalue weighted by Gasteiger charge is -2.09. The standard InChI is InChI=1S/C16H16BrN3O/c1-10-2-6-14(13(17)8-10)20-15-7-5-12(9-18-15)19-16(21)11-3-4-11/h2,5-9,11H,3-4H2,1H3,(H,18,20)(H,19,21). The summed E-state index contributed by atoms with van der Waals surface area (Å²) in [5.74, 6) is 1.04. The van der Waals surface area contributed by atoms with E-state index < -0.39 is 0 Å². The van der Waals surface area contributed by atoms with E-state index in [9.17, 15) is 4.79 Å². The minimum atomic E-state index is 0.0961. The lowest BCUT2D eigenvalue weighted by Crippen LogP contribution is -2.13. The van der Waals surface area contributed by atoms with Gasteiger partial charge >= 0.3 is 0 Å². The van der Waals surface area contributed by atoms with Crippen LogP contribution < -0.4 is 10.6 Å². The molecule has 0 saturated heterocycles. The normalized spacial score (nSPS) is 13.8. The molecule has 0 atom stereocenters. The number of hydrogen-bond acceptors (Lipinski definition) is 3. The molecule has 2 aromatic rings. The van der Waals surface area contributed by atoms with Crippen LogP contribution in [0.2, 0.25) is 0 Å². The summed E-state index contributed by atoms with van der Waals surface area (Å²) in [5.41, 5.74) is 2.89. The van der Waals surface area contributed by atoms with E-state index in [-0.39, 0.29) is 11.8 Å². The SMILES string of the molecule is Cc1ccc(Nc2ccc(NC(=O)C3CC3)cn2)c(Br)c1. The van der Waals surface area contributed by atoms with E-state index in [1.807, 2.05) is 37.3 Å². The van der Waals surface area contributed by atoms with E-state index in [0.717, 1.165) is 34.5 Å². The van der Waals surface area contributed by atoms with Gasteiger partial charge in [-0.2, -0.15) is 0 Å². The molecule has 1 aromatic carbocycles. The van der Waals surface area contributed by atoms with Crippen molar-refractivity contribution in [1.82, 2.24) is 4.98 Å². The van der Waals surface area contributed by atoms with Gasteiger partial charge in [-0.1, -0.05) is 6.07 Å². The first-order valence-corrected chi connectivity index (χ1v) is 7.71. The lowest BCUT2D eigenvalue weighted by atomic mass is 10.2. The second kappa shape index (κ2) is 5.85. The number of halogens is 1. The molecule has 1 aliphatic carbocycles. The Kier molecular flexibility index (Phi) is 3.92. The number of pyridine rings is 1. The second-order valence-corrected chi connectivity index (χ2v) is 6.16. The molecule has 1 saturated carbocycles. The number of benzene rings is 1. The maximum atomic E-state index is 11.7. The van der Waals surface area contributed by atoms with Gasteiger partial charge in [-0.25, -0.2) is 4.98 Å². The number of nitrogens with zero attached hydrogens (tertiary/aromatic N) is 1. The van der Waals surface area contributed by atoms with Crippen LogP contribution in [0.5, 0.6) is 0 Å². The molecule has 1 amide bonds. The Bertz CT molecular complexity index is 666. The van der Waals surface area contributed by atoms with Gasteiger partial charge in [-0.15, -0.1) is 0 Å². The fourth-order valence-corrected chi connectivity index (χ4v) is 2.58. The van der Waals surface area contributed by atoms with Gasteiger partial charge in [0.15, 0.2) is 0 Å². The summed E-state index contributed by atoms with van der Waals surface area (Å²) in [7, 11) is 0. The number of carbonyl (C=O) groups is 1. The molecule has 108 valence electrons. The third-order valence-corrected chi connectivity index (χ3v) is 4.02. The molecule has 21 heavy (non-hydrogen) atoms. The second-order valence-electron chi connectivity index (χ2n) is 5.30. The van der Waals surface area contributed by atoms with E-state index in [2.05, 4.69) is 31.5 Å². The Hall–Kier alpha value is -1.88. The van der Waals surface area contributed by atoms with Crippen molar-refractivity contribution in [3.8, 4) is 0 Å². The summed E-state index contributed by atoms with van der Waals surface area (Å²) in [4.78, 5) is 16.0. The Morgan fingerprint density at radius 1 is 1.29 bits per heavy atom. The number of aromatic nitrogens is 1. The Balaban J connectivity index is 1.67. The van der Waals surface area contributed by atoms with Gasteiger partial charge in [-0.3, -0.25) is 4.79 Å². The number of hydrogen-bond donors (Lipinski definition) is 2. The topological polar surface area (TPSA) is 54.0 Å². The number of nitrogens with one attached hydrogen (secondary N) is 2. The molecule has 0 bridgehead atoms. The van der Waals surface area contributed by atoms with Crippen molar-refractivity contribution < 1.29 is 4.79 Å². The van der Waals surface area contributed by atoms with Crippen molar-refractivity contribution in [2.45, 2.75) is 19.8 Å². The van der Waals surface area contributed by atoms with Crippen molar-refractivity contribution in [3.05, 3.63) is 46.6 Å².